The van der Waals surface area contributed by atoms with E-state index < -0.39 is 0 Å². The predicted molar refractivity (Wildman–Crippen MR) is 43.7 cm³/mol. The average molecular weight is 161 g/mol. The van der Waals surface area contributed by atoms with Crippen molar-refractivity contribution in [2.45, 2.75) is 0 Å². The maximum Gasteiger partial charge on any atom is 0.166 e. The predicted octanol–water partition coefficient (Wildman–Crippen LogP) is 0.984. The highest BCUT2D eigenvalue weighted by Crippen LogP contribution is 2.20. The van der Waals surface area contributed by atoms with E-state index in [-0.39, 0.29) is 0 Å². The van der Waals surface area contributed by atoms with Crippen molar-refractivity contribution in [3.63, 3.8) is 0 Å². The van der Waals surface area contributed by atoms with Gasteiger partial charge in [-0.25, -0.2) is 0 Å². The SMILES string of the molecule is O=CC1=CC2=CC=COC2=CN1. The number of fused-ring (bicyclic) bond motifs is 1. The van der Waals surface area contributed by atoms with Crippen molar-refractivity contribution in [1.29, 1.82) is 0 Å². The minimum atomic E-state index is 0.545. The van der Waals surface area contributed by atoms with Gasteiger partial charge in [-0.1, -0.05) is 0 Å². The number of carbonyl (C=O) groups excluding carboxylic acids is 1. The first-order valence-corrected chi connectivity index (χ1v) is 3.57. The van der Waals surface area contributed by atoms with Crippen molar-refractivity contribution < 1.29 is 9.53 Å². The van der Waals surface area contributed by atoms with Gasteiger partial charge in [-0.15, -0.1) is 0 Å². The zero-order valence-electron chi connectivity index (χ0n) is 6.28. The number of rotatable bonds is 1. The lowest BCUT2D eigenvalue weighted by atomic mass is 10.1. The normalized spacial score (nSPS) is 19.2. The summed E-state index contributed by atoms with van der Waals surface area (Å²) in [7, 11) is 0. The summed E-state index contributed by atoms with van der Waals surface area (Å²) in [5.41, 5.74) is 1.46. The molecule has 0 aromatic heterocycles. The first kappa shape index (κ1) is 6.91. The lowest BCUT2D eigenvalue weighted by Crippen LogP contribution is -2.14. The molecule has 60 valence electrons. The van der Waals surface area contributed by atoms with E-state index in [0.717, 1.165) is 17.6 Å². The lowest BCUT2D eigenvalue weighted by molar-refractivity contribution is -0.105. The van der Waals surface area contributed by atoms with Crippen molar-refractivity contribution in [1.82, 2.24) is 5.32 Å². The standard InChI is InChI=1S/C9H7NO2/c11-6-8-4-7-2-1-3-12-9(7)5-10-8/h1-6,10H. The van der Waals surface area contributed by atoms with Crippen molar-refractivity contribution in [3.8, 4) is 0 Å². The molecule has 3 heteroatoms. The van der Waals surface area contributed by atoms with Crippen LogP contribution in [0.2, 0.25) is 0 Å². The summed E-state index contributed by atoms with van der Waals surface area (Å²) >= 11 is 0. The van der Waals surface area contributed by atoms with Gasteiger partial charge in [-0.3, -0.25) is 4.79 Å². The van der Waals surface area contributed by atoms with Crippen molar-refractivity contribution >= 4 is 6.29 Å². The number of dihydropyridines is 1. The molecule has 12 heavy (non-hydrogen) atoms. The molecule has 0 saturated heterocycles. The Hall–Kier alpha value is -1.77. The van der Waals surface area contributed by atoms with Crippen molar-refractivity contribution in [2.75, 3.05) is 0 Å². The van der Waals surface area contributed by atoms with Crippen molar-refractivity contribution in [3.05, 3.63) is 47.7 Å². The molecule has 2 aliphatic heterocycles. The van der Waals surface area contributed by atoms with Crippen LogP contribution < -0.4 is 5.32 Å². The molecular weight excluding hydrogens is 154 g/mol. The summed E-state index contributed by atoms with van der Waals surface area (Å²) in [6.07, 6.45) is 9.45. The number of aldehydes is 1. The fourth-order valence-corrected chi connectivity index (χ4v) is 1.07. The van der Waals surface area contributed by atoms with Crippen LogP contribution in [0.1, 0.15) is 0 Å². The first-order valence-electron chi connectivity index (χ1n) is 3.57. The summed E-state index contributed by atoms with van der Waals surface area (Å²) in [6.45, 7) is 0. The molecule has 0 aliphatic carbocycles. The molecule has 0 unspecified atom stereocenters. The molecule has 0 radical (unpaired) electrons. The molecule has 0 aromatic rings. The molecule has 2 heterocycles. The van der Waals surface area contributed by atoms with Gasteiger partial charge in [0.15, 0.2) is 6.29 Å². The minimum absolute atomic E-state index is 0.545. The zero-order valence-corrected chi connectivity index (χ0v) is 6.28. The minimum Gasteiger partial charge on any atom is -0.463 e. The van der Waals surface area contributed by atoms with Crippen LogP contribution in [0.5, 0.6) is 0 Å². The quantitative estimate of drug-likeness (QED) is 0.582. The number of hydrogen-bond acceptors (Lipinski definition) is 3. The summed E-state index contributed by atoms with van der Waals surface area (Å²) in [5.74, 6) is 0.739. The number of allylic oxidation sites excluding steroid dienone is 4. The van der Waals surface area contributed by atoms with Crippen LogP contribution in [-0.2, 0) is 9.53 Å². The second-order valence-corrected chi connectivity index (χ2v) is 2.44. The highest BCUT2D eigenvalue weighted by Gasteiger charge is 2.11. The maximum atomic E-state index is 10.4. The Labute approximate surface area is 69.7 Å². The van der Waals surface area contributed by atoms with Crippen LogP contribution in [0.25, 0.3) is 0 Å². The Morgan fingerprint density at radius 1 is 1.50 bits per heavy atom. The Balaban J connectivity index is 2.36. The largest absolute Gasteiger partial charge is 0.463 e. The smallest absolute Gasteiger partial charge is 0.166 e. The second kappa shape index (κ2) is 2.70. The van der Waals surface area contributed by atoms with E-state index in [1.165, 1.54) is 0 Å². The molecule has 0 atom stereocenters. The Bertz CT molecular complexity index is 334. The molecule has 1 N–H and O–H groups in total. The molecular formula is C9H7NO2. The topological polar surface area (TPSA) is 38.3 Å². The lowest BCUT2D eigenvalue weighted by Gasteiger charge is -2.16. The third-order valence-electron chi connectivity index (χ3n) is 1.64. The van der Waals surface area contributed by atoms with Crippen molar-refractivity contribution in [2.24, 2.45) is 0 Å². The van der Waals surface area contributed by atoms with Gasteiger partial charge in [-0.2, -0.15) is 0 Å². The molecule has 3 nitrogen and oxygen atoms in total. The molecule has 0 amide bonds. The molecule has 0 bridgehead atoms. The van der Waals surface area contributed by atoms with E-state index in [9.17, 15) is 4.79 Å². The van der Waals surface area contributed by atoms with Gasteiger partial charge < -0.3 is 10.1 Å². The molecule has 0 fully saturated rings. The Kier molecular flexibility index (Phi) is 1.55. The summed E-state index contributed by atoms with van der Waals surface area (Å²) in [5, 5.41) is 2.80. The highest BCUT2D eigenvalue weighted by molar-refractivity contribution is 5.75. The second-order valence-electron chi connectivity index (χ2n) is 2.44. The maximum absolute atomic E-state index is 10.4. The van der Waals surface area contributed by atoms with Gasteiger partial charge in [0.2, 0.25) is 0 Å². The van der Waals surface area contributed by atoms with Gasteiger partial charge >= 0.3 is 0 Å². The van der Waals surface area contributed by atoms with E-state index in [0.29, 0.717) is 5.70 Å². The van der Waals surface area contributed by atoms with E-state index in [1.807, 2.05) is 6.08 Å². The average Bonchev–Trinajstić information content (AvgIpc) is 2.17. The third kappa shape index (κ3) is 1.05. The third-order valence-corrected chi connectivity index (χ3v) is 1.64. The fourth-order valence-electron chi connectivity index (χ4n) is 1.07. The summed E-state index contributed by atoms with van der Waals surface area (Å²) in [6, 6.07) is 0. The molecule has 0 spiro atoms. The van der Waals surface area contributed by atoms with Crippen LogP contribution in [0.15, 0.2) is 47.7 Å². The number of ether oxygens (including phenoxy) is 1. The number of hydrogen-bond donors (Lipinski definition) is 1. The molecule has 0 saturated carbocycles. The van der Waals surface area contributed by atoms with Crippen LogP contribution in [0.3, 0.4) is 0 Å². The van der Waals surface area contributed by atoms with Gasteiger partial charge in [0.25, 0.3) is 0 Å². The molecule has 2 aliphatic rings. The zero-order chi connectivity index (χ0) is 8.39. The van der Waals surface area contributed by atoms with E-state index in [2.05, 4.69) is 5.32 Å². The monoisotopic (exact) mass is 161 g/mol. The molecule has 0 aromatic carbocycles. The van der Waals surface area contributed by atoms with E-state index >= 15 is 0 Å². The van der Waals surface area contributed by atoms with Crippen LogP contribution in [0, 0.1) is 0 Å². The van der Waals surface area contributed by atoms with Crippen LogP contribution in [0.4, 0.5) is 0 Å². The fraction of sp³-hybridized carbons (Fsp3) is 0. The van der Waals surface area contributed by atoms with Crippen LogP contribution >= 0.6 is 0 Å². The first-order chi connectivity index (χ1) is 5.90. The number of carbonyl (C=O) groups is 1. The Morgan fingerprint density at radius 3 is 3.25 bits per heavy atom. The number of nitrogens with one attached hydrogen (secondary N) is 1. The molecule has 2 rings (SSSR count). The summed E-state index contributed by atoms with van der Waals surface area (Å²) < 4.78 is 5.16. The van der Waals surface area contributed by atoms with Gasteiger partial charge in [0.1, 0.15) is 5.76 Å². The van der Waals surface area contributed by atoms with Crippen LogP contribution in [-0.4, -0.2) is 6.29 Å². The van der Waals surface area contributed by atoms with E-state index in [1.54, 1.807) is 24.6 Å². The van der Waals surface area contributed by atoms with Gasteiger partial charge in [0.05, 0.1) is 12.0 Å². The van der Waals surface area contributed by atoms with Gasteiger partial charge in [-0.05, 0) is 18.2 Å². The highest BCUT2D eigenvalue weighted by atomic mass is 16.5. The van der Waals surface area contributed by atoms with Gasteiger partial charge in [0, 0.05) is 11.8 Å². The Morgan fingerprint density at radius 2 is 2.42 bits per heavy atom. The summed E-state index contributed by atoms with van der Waals surface area (Å²) in [4.78, 5) is 10.4. The van der Waals surface area contributed by atoms with E-state index in [4.69, 9.17) is 4.74 Å².